The molecular weight excluding hydrogens is 406 g/mol. The van der Waals surface area contributed by atoms with Crippen LogP contribution in [0, 0.1) is 19.8 Å². The van der Waals surface area contributed by atoms with Gasteiger partial charge in [-0.1, -0.05) is 35.9 Å². The van der Waals surface area contributed by atoms with Gasteiger partial charge in [-0.3, -0.25) is 4.79 Å². The number of aryl methyl sites for hydroxylation is 2. The van der Waals surface area contributed by atoms with Crippen LogP contribution in [-0.4, -0.2) is 32.3 Å². The first kappa shape index (κ1) is 23.3. The molecule has 1 fully saturated rings. The van der Waals surface area contributed by atoms with Gasteiger partial charge in [-0.2, -0.15) is 0 Å². The minimum atomic E-state index is -0.648. The smallest absolute Gasteiger partial charge is 0.319 e. The molecule has 1 aliphatic rings. The van der Waals surface area contributed by atoms with Crippen molar-refractivity contribution in [3.05, 3.63) is 76.6 Å². The largest absolute Gasteiger partial charge is 0.497 e. The van der Waals surface area contributed by atoms with Crippen LogP contribution < -0.4 is 20.7 Å². The van der Waals surface area contributed by atoms with Gasteiger partial charge in [-0.05, 0) is 49.6 Å². The van der Waals surface area contributed by atoms with Crippen molar-refractivity contribution >= 4 is 12.0 Å². The first-order valence-electron chi connectivity index (χ1n) is 10.9. The maximum atomic E-state index is 12.9. The number of benzene rings is 2. The Morgan fingerprint density at radius 3 is 2.59 bits per heavy atom. The summed E-state index contributed by atoms with van der Waals surface area (Å²) in [6.45, 7) is 6.80. The van der Waals surface area contributed by atoms with E-state index in [1.165, 1.54) is 5.56 Å². The van der Waals surface area contributed by atoms with Gasteiger partial charge in [0.25, 0.3) is 0 Å². The average Bonchev–Trinajstić information content (AvgIpc) is 2.78. The van der Waals surface area contributed by atoms with Crippen molar-refractivity contribution in [1.82, 2.24) is 10.6 Å². The molecule has 0 aromatic heterocycles. The Balaban J connectivity index is 1.80. The summed E-state index contributed by atoms with van der Waals surface area (Å²) < 4.78 is 10.6. The number of carbonyl (C=O) groups excluding carboxylic acids is 2. The molecule has 0 saturated carbocycles. The molecule has 0 unspecified atom stereocenters. The van der Waals surface area contributed by atoms with Crippen molar-refractivity contribution in [3.63, 3.8) is 0 Å². The van der Waals surface area contributed by atoms with Crippen LogP contribution in [-0.2, 0) is 16.0 Å². The summed E-state index contributed by atoms with van der Waals surface area (Å²) in [5.74, 6) is -0.182. The minimum Gasteiger partial charge on any atom is -0.497 e. The predicted octanol–water partition coefficient (Wildman–Crippen LogP) is 2.49. The third-order valence-corrected chi connectivity index (χ3v) is 5.58. The van der Waals surface area contributed by atoms with Gasteiger partial charge in [0, 0.05) is 6.42 Å². The van der Waals surface area contributed by atoms with E-state index in [2.05, 4.69) is 10.6 Å². The molecule has 2 aromatic carbocycles. The fraction of sp³-hybridized carbons (Fsp3) is 0.360. The number of amides is 2. The van der Waals surface area contributed by atoms with Crippen LogP contribution in [0.5, 0.6) is 5.75 Å². The van der Waals surface area contributed by atoms with Crippen LogP contribution >= 0.6 is 0 Å². The first-order chi connectivity index (χ1) is 15.4. The highest BCUT2D eigenvalue weighted by molar-refractivity contribution is 5.85. The van der Waals surface area contributed by atoms with Crippen LogP contribution in [0.15, 0.2) is 54.4 Å². The molecule has 4 N–H and O–H groups in total. The van der Waals surface area contributed by atoms with Gasteiger partial charge >= 0.3 is 12.0 Å². The lowest BCUT2D eigenvalue weighted by atomic mass is 9.86. The van der Waals surface area contributed by atoms with Gasteiger partial charge in [0.1, 0.15) is 17.9 Å². The van der Waals surface area contributed by atoms with Gasteiger partial charge in [0.05, 0.1) is 32.0 Å². The quantitative estimate of drug-likeness (QED) is 0.436. The highest BCUT2D eigenvalue weighted by Gasteiger charge is 2.41. The molecule has 0 spiro atoms. The Labute approximate surface area is 189 Å². The molecule has 3 rings (SSSR count). The van der Waals surface area contributed by atoms with E-state index in [1.54, 1.807) is 14.0 Å². The topological polar surface area (TPSA) is 93.3 Å². The zero-order chi connectivity index (χ0) is 23.1. The zero-order valence-electron chi connectivity index (χ0n) is 19.1. The number of nitrogens with two attached hydrogens (primary N) is 1. The van der Waals surface area contributed by atoms with Gasteiger partial charge in [-0.25, -0.2) is 4.79 Å². The summed E-state index contributed by atoms with van der Waals surface area (Å²) in [5, 5.41) is 7.73. The summed E-state index contributed by atoms with van der Waals surface area (Å²) in [6.07, 6.45) is 2.67. The number of carbonyl (C=O) groups is 2. The van der Waals surface area contributed by atoms with Crippen molar-refractivity contribution in [2.75, 3.05) is 20.3 Å². The monoisotopic (exact) mass is 438 g/mol. The number of quaternary nitrogens is 1. The van der Waals surface area contributed by atoms with Crippen molar-refractivity contribution in [3.8, 4) is 5.75 Å². The van der Waals surface area contributed by atoms with E-state index >= 15 is 0 Å². The van der Waals surface area contributed by atoms with E-state index < -0.39 is 12.0 Å². The normalized spacial score (nSPS) is 19.2. The number of hydrogen-bond donors (Lipinski definition) is 3. The van der Waals surface area contributed by atoms with Crippen LogP contribution in [0.4, 0.5) is 4.79 Å². The van der Waals surface area contributed by atoms with E-state index in [4.69, 9.17) is 9.47 Å². The lowest BCUT2D eigenvalue weighted by molar-refractivity contribution is -0.588. The third kappa shape index (κ3) is 5.68. The molecule has 1 heterocycles. The molecule has 2 amide bonds. The maximum Gasteiger partial charge on any atom is 0.319 e. The van der Waals surface area contributed by atoms with Gasteiger partial charge in [-0.15, -0.1) is 0 Å². The second-order valence-corrected chi connectivity index (χ2v) is 7.91. The Hall–Kier alpha value is -3.32. The molecule has 1 saturated heterocycles. The number of urea groups is 1. The third-order valence-electron chi connectivity index (χ3n) is 5.58. The van der Waals surface area contributed by atoms with Crippen LogP contribution in [0.1, 0.15) is 35.2 Å². The molecule has 0 aliphatic carbocycles. The fourth-order valence-electron chi connectivity index (χ4n) is 3.89. The van der Waals surface area contributed by atoms with Crippen LogP contribution in [0.2, 0.25) is 0 Å². The van der Waals surface area contributed by atoms with Gasteiger partial charge in [0.2, 0.25) is 0 Å². The Morgan fingerprint density at radius 2 is 1.91 bits per heavy atom. The Morgan fingerprint density at radius 1 is 1.16 bits per heavy atom. The lowest BCUT2D eigenvalue weighted by Gasteiger charge is -2.34. The van der Waals surface area contributed by atoms with Crippen molar-refractivity contribution < 1.29 is 24.4 Å². The zero-order valence-corrected chi connectivity index (χ0v) is 19.1. The van der Waals surface area contributed by atoms with Crippen LogP contribution in [0.3, 0.4) is 0 Å². The number of nitrogens with one attached hydrogen (secondary N) is 2. The van der Waals surface area contributed by atoms with E-state index in [1.807, 2.05) is 67.8 Å². The number of ether oxygens (including phenoxy) is 2. The molecule has 170 valence electrons. The van der Waals surface area contributed by atoms with E-state index in [9.17, 15) is 9.59 Å². The fourth-order valence-corrected chi connectivity index (χ4v) is 3.89. The SMILES string of the molecule is CCOC(=O)[C@@H]1/C(=C\[NH2+]CCc2ccc(OC)cc2)NC(=O)N[C@H]1c1cc(C)ccc1C. The summed E-state index contributed by atoms with van der Waals surface area (Å²) in [4.78, 5) is 25.4. The molecule has 0 bridgehead atoms. The Kier molecular flexibility index (Phi) is 7.89. The molecule has 32 heavy (non-hydrogen) atoms. The van der Waals surface area contributed by atoms with Gasteiger partial charge in [0.15, 0.2) is 0 Å². The second-order valence-electron chi connectivity index (χ2n) is 7.91. The second kappa shape index (κ2) is 10.8. The van der Waals surface area contributed by atoms with E-state index in [0.717, 1.165) is 35.4 Å². The van der Waals surface area contributed by atoms with Crippen molar-refractivity contribution in [2.24, 2.45) is 5.92 Å². The van der Waals surface area contributed by atoms with Crippen LogP contribution in [0.25, 0.3) is 0 Å². The summed E-state index contributed by atoms with van der Waals surface area (Å²) in [7, 11) is 1.65. The molecule has 7 nitrogen and oxygen atoms in total. The van der Waals surface area contributed by atoms with Crippen molar-refractivity contribution in [1.29, 1.82) is 0 Å². The maximum absolute atomic E-state index is 12.9. The number of methoxy groups -OCH3 is 1. The van der Waals surface area contributed by atoms with E-state index in [0.29, 0.717) is 5.70 Å². The number of hydrogen-bond acceptors (Lipinski definition) is 4. The molecule has 2 aromatic rings. The standard InChI is InChI=1S/C25H31N3O4/c1-5-32-24(29)22-21(15-26-13-12-18-8-10-19(31-4)11-9-18)27-25(30)28-23(22)20-14-16(2)6-7-17(20)3/h6-11,14-15,22-23,26H,5,12-13H2,1-4H3,(H2,27,28,30)/p+1/b21-15+/t22-,23+/m1/s1. The average molecular weight is 439 g/mol. The molecule has 2 atom stereocenters. The highest BCUT2D eigenvalue weighted by Crippen LogP contribution is 2.33. The Bertz CT molecular complexity index is 985. The minimum absolute atomic E-state index is 0.275. The molecule has 7 heteroatoms. The number of esters is 1. The van der Waals surface area contributed by atoms with Gasteiger partial charge < -0.3 is 25.4 Å². The molecule has 1 aliphatic heterocycles. The first-order valence-corrected chi connectivity index (χ1v) is 10.9. The highest BCUT2D eigenvalue weighted by atomic mass is 16.5. The molecule has 0 radical (unpaired) electrons. The lowest BCUT2D eigenvalue weighted by Crippen LogP contribution is -2.79. The summed E-state index contributed by atoms with van der Waals surface area (Å²) >= 11 is 0. The summed E-state index contributed by atoms with van der Waals surface area (Å²) in [6, 6.07) is 13.2. The van der Waals surface area contributed by atoms with Crippen molar-refractivity contribution in [2.45, 2.75) is 33.2 Å². The van der Waals surface area contributed by atoms with E-state index in [-0.39, 0.29) is 18.6 Å². The number of rotatable bonds is 8. The summed E-state index contributed by atoms with van der Waals surface area (Å²) in [5.41, 5.74) is 4.73. The molecular formula is C25H32N3O4+. The predicted molar refractivity (Wildman–Crippen MR) is 122 cm³/mol.